The van der Waals surface area contributed by atoms with Crippen LogP contribution in [0.1, 0.15) is 16.7 Å². The van der Waals surface area contributed by atoms with Crippen LogP contribution < -0.4 is 10.1 Å². The van der Waals surface area contributed by atoms with Crippen LogP contribution in [0.25, 0.3) is 6.08 Å². The molecule has 0 aliphatic heterocycles. The molecule has 0 saturated heterocycles. The van der Waals surface area contributed by atoms with Crippen molar-refractivity contribution >= 4 is 12.0 Å². The van der Waals surface area contributed by atoms with Gasteiger partial charge in [0.25, 0.3) is 0 Å². The number of alkyl halides is 3. The van der Waals surface area contributed by atoms with Crippen LogP contribution in [0.15, 0.2) is 54.6 Å². The lowest BCUT2D eigenvalue weighted by molar-refractivity contribution is -0.137. The molecule has 0 radical (unpaired) electrons. The zero-order valence-electron chi connectivity index (χ0n) is 12.9. The van der Waals surface area contributed by atoms with E-state index in [1.54, 1.807) is 19.2 Å². The summed E-state index contributed by atoms with van der Waals surface area (Å²) in [5, 5.41) is 2.66. The Balaban J connectivity index is 1.93. The summed E-state index contributed by atoms with van der Waals surface area (Å²) in [5.41, 5.74) is 0.448. The largest absolute Gasteiger partial charge is 0.497 e. The molecule has 0 aliphatic rings. The van der Waals surface area contributed by atoms with Crippen LogP contribution in [0.3, 0.4) is 0 Å². The van der Waals surface area contributed by atoms with Crippen molar-refractivity contribution in [2.24, 2.45) is 0 Å². The maximum Gasteiger partial charge on any atom is 0.416 e. The predicted molar refractivity (Wildman–Crippen MR) is 85.3 cm³/mol. The number of methoxy groups -OCH3 is 1. The minimum Gasteiger partial charge on any atom is -0.497 e. The van der Waals surface area contributed by atoms with Gasteiger partial charge in [-0.25, -0.2) is 0 Å². The predicted octanol–water partition coefficient (Wildman–Crippen LogP) is 4.04. The van der Waals surface area contributed by atoms with Gasteiger partial charge in [0.1, 0.15) is 5.75 Å². The number of rotatable bonds is 5. The van der Waals surface area contributed by atoms with Gasteiger partial charge in [0.15, 0.2) is 0 Å². The van der Waals surface area contributed by atoms with E-state index in [1.165, 1.54) is 24.3 Å². The molecule has 24 heavy (non-hydrogen) atoms. The first kappa shape index (κ1) is 17.6. The Bertz CT molecular complexity index is 722. The van der Waals surface area contributed by atoms with E-state index in [0.717, 1.165) is 23.4 Å². The molecular weight excluding hydrogens is 319 g/mol. The van der Waals surface area contributed by atoms with E-state index in [2.05, 4.69) is 5.32 Å². The first-order chi connectivity index (χ1) is 11.4. The highest BCUT2D eigenvalue weighted by Crippen LogP contribution is 2.29. The summed E-state index contributed by atoms with van der Waals surface area (Å²) in [7, 11) is 1.56. The molecule has 2 aromatic carbocycles. The van der Waals surface area contributed by atoms with Gasteiger partial charge in [0, 0.05) is 12.6 Å². The lowest BCUT2D eigenvalue weighted by Crippen LogP contribution is -2.20. The van der Waals surface area contributed by atoms with Crippen molar-refractivity contribution in [3.8, 4) is 5.75 Å². The molecule has 0 unspecified atom stereocenters. The highest BCUT2D eigenvalue weighted by molar-refractivity contribution is 5.91. The molecule has 0 heterocycles. The smallest absolute Gasteiger partial charge is 0.416 e. The maximum atomic E-state index is 12.6. The third-order valence-corrected chi connectivity index (χ3v) is 3.27. The van der Waals surface area contributed by atoms with Crippen LogP contribution in [0, 0.1) is 0 Å². The zero-order chi connectivity index (χ0) is 17.6. The number of hydrogen-bond acceptors (Lipinski definition) is 2. The van der Waals surface area contributed by atoms with Crippen LogP contribution in [0.4, 0.5) is 13.2 Å². The minimum absolute atomic E-state index is 0.310. The van der Waals surface area contributed by atoms with Crippen LogP contribution in [-0.2, 0) is 17.5 Å². The van der Waals surface area contributed by atoms with Crippen molar-refractivity contribution in [1.29, 1.82) is 0 Å². The first-order valence-corrected chi connectivity index (χ1v) is 7.14. The van der Waals surface area contributed by atoms with Crippen molar-refractivity contribution in [3.63, 3.8) is 0 Å². The number of halogens is 3. The Morgan fingerprint density at radius 2 is 1.88 bits per heavy atom. The molecule has 0 aromatic heterocycles. The number of nitrogens with one attached hydrogen (secondary N) is 1. The van der Waals surface area contributed by atoms with E-state index in [9.17, 15) is 18.0 Å². The standard InChI is InChI=1S/C18H16F3NO2/c1-24-16-8-5-14(6-9-16)12-22-17(23)10-7-13-3-2-4-15(11-13)18(19,20)21/h2-11H,12H2,1H3,(H,22,23). The second-order valence-corrected chi connectivity index (χ2v) is 5.02. The molecule has 0 aliphatic carbocycles. The second-order valence-electron chi connectivity index (χ2n) is 5.02. The molecule has 2 rings (SSSR count). The summed E-state index contributed by atoms with van der Waals surface area (Å²) < 4.78 is 42.9. The van der Waals surface area contributed by atoms with Crippen LogP contribution >= 0.6 is 0 Å². The molecule has 2 aromatic rings. The summed E-state index contributed by atoms with van der Waals surface area (Å²) in [5.74, 6) is 0.331. The summed E-state index contributed by atoms with van der Waals surface area (Å²) in [4.78, 5) is 11.7. The molecule has 0 fully saturated rings. The Morgan fingerprint density at radius 3 is 2.50 bits per heavy atom. The summed E-state index contributed by atoms with van der Waals surface area (Å²) in [6, 6.07) is 12.0. The number of carbonyl (C=O) groups excluding carboxylic acids is 1. The van der Waals surface area contributed by atoms with Crippen molar-refractivity contribution in [3.05, 3.63) is 71.3 Å². The monoisotopic (exact) mass is 335 g/mol. The van der Waals surface area contributed by atoms with Crippen molar-refractivity contribution in [2.75, 3.05) is 7.11 Å². The van der Waals surface area contributed by atoms with Crippen LogP contribution in [0.5, 0.6) is 5.75 Å². The number of ether oxygens (including phenoxy) is 1. The fourth-order valence-corrected chi connectivity index (χ4v) is 1.98. The first-order valence-electron chi connectivity index (χ1n) is 7.14. The fraction of sp³-hybridized carbons (Fsp3) is 0.167. The number of hydrogen-bond donors (Lipinski definition) is 1. The van der Waals surface area contributed by atoms with Gasteiger partial charge in [0.2, 0.25) is 5.91 Å². The van der Waals surface area contributed by atoms with E-state index in [4.69, 9.17) is 4.74 Å². The quantitative estimate of drug-likeness (QED) is 0.838. The topological polar surface area (TPSA) is 38.3 Å². The normalized spacial score (nSPS) is 11.5. The van der Waals surface area contributed by atoms with E-state index in [0.29, 0.717) is 12.1 Å². The lowest BCUT2D eigenvalue weighted by atomic mass is 10.1. The summed E-state index contributed by atoms with van der Waals surface area (Å²) in [6.45, 7) is 0.315. The molecule has 1 amide bonds. The van der Waals surface area contributed by atoms with E-state index >= 15 is 0 Å². The lowest BCUT2D eigenvalue weighted by Gasteiger charge is -2.06. The Hall–Kier alpha value is -2.76. The Kier molecular flexibility index (Phi) is 5.63. The van der Waals surface area contributed by atoms with Crippen molar-refractivity contribution in [1.82, 2.24) is 5.32 Å². The van der Waals surface area contributed by atoms with Crippen LogP contribution in [-0.4, -0.2) is 13.0 Å². The number of carbonyl (C=O) groups is 1. The van der Waals surface area contributed by atoms with Crippen molar-refractivity contribution in [2.45, 2.75) is 12.7 Å². The minimum atomic E-state index is -4.40. The average Bonchev–Trinajstić information content (AvgIpc) is 2.58. The molecule has 3 nitrogen and oxygen atoms in total. The fourth-order valence-electron chi connectivity index (χ4n) is 1.98. The number of benzene rings is 2. The van der Waals surface area contributed by atoms with Gasteiger partial charge in [-0.05, 0) is 41.5 Å². The Labute approximate surface area is 137 Å². The molecule has 6 heteroatoms. The van der Waals surface area contributed by atoms with Gasteiger partial charge in [0.05, 0.1) is 12.7 Å². The zero-order valence-corrected chi connectivity index (χ0v) is 12.9. The third kappa shape index (κ3) is 5.15. The molecule has 0 atom stereocenters. The molecule has 126 valence electrons. The van der Waals surface area contributed by atoms with E-state index < -0.39 is 11.7 Å². The van der Waals surface area contributed by atoms with Gasteiger partial charge in [-0.3, -0.25) is 4.79 Å². The maximum absolute atomic E-state index is 12.6. The summed E-state index contributed by atoms with van der Waals surface area (Å²) in [6.07, 6.45) is -1.85. The van der Waals surface area contributed by atoms with E-state index in [1.807, 2.05) is 12.1 Å². The second kappa shape index (κ2) is 7.68. The average molecular weight is 335 g/mol. The van der Waals surface area contributed by atoms with Gasteiger partial charge in [-0.2, -0.15) is 13.2 Å². The SMILES string of the molecule is COc1ccc(CNC(=O)C=Cc2cccc(C(F)(F)F)c2)cc1. The van der Waals surface area contributed by atoms with Gasteiger partial charge in [-0.1, -0.05) is 24.3 Å². The molecular formula is C18H16F3NO2. The molecule has 0 saturated carbocycles. The third-order valence-electron chi connectivity index (χ3n) is 3.27. The molecule has 0 bridgehead atoms. The van der Waals surface area contributed by atoms with Gasteiger partial charge in [-0.15, -0.1) is 0 Å². The highest BCUT2D eigenvalue weighted by Gasteiger charge is 2.30. The molecule has 0 spiro atoms. The highest BCUT2D eigenvalue weighted by atomic mass is 19.4. The molecule has 1 N–H and O–H groups in total. The van der Waals surface area contributed by atoms with E-state index in [-0.39, 0.29) is 5.91 Å². The summed E-state index contributed by atoms with van der Waals surface area (Å²) >= 11 is 0. The van der Waals surface area contributed by atoms with Crippen LogP contribution in [0.2, 0.25) is 0 Å². The number of amides is 1. The van der Waals surface area contributed by atoms with Crippen molar-refractivity contribution < 1.29 is 22.7 Å². The Morgan fingerprint density at radius 1 is 1.17 bits per heavy atom. The van der Waals surface area contributed by atoms with Gasteiger partial charge < -0.3 is 10.1 Å². The van der Waals surface area contributed by atoms with Gasteiger partial charge >= 0.3 is 6.18 Å².